The summed E-state index contributed by atoms with van der Waals surface area (Å²) in [5.74, 6) is 0.392. The van der Waals surface area contributed by atoms with Crippen LogP contribution in [0.25, 0.3) is 11.1 Å². The molecule has 0 saturated carbocycles. The van der Waals surface area contributed by atoms with Gasteiger partial charge in [-0.25, -0.2) is 0 Å². The monoisotopic (exact) mass is 457 g/mol. The molecule has 3 rings (SSSR count). The normalized spacial score (nSPS) is 12.1. The van der Waals surface area contributed by atoms with Crippen LogP contribution in [0.3, 0.4) is 0 Å². The van der Waals surface area contributed by atoms with E-state index in [4.69, 9.17) is 0 Å². The number of rotatable bonds is 6. The Hall–Kier alpha value is -2.74. The van der Waals surface area contributed by atoms with Crippen molar-refractivity contribution in [2.45, 2.75) is 86.0 Å². The average Bonchev–Trinajstić information content (AvgIpc) is 2.74. The second kappa shape index (κ2) is 9.86. The highest BCUT2D eigenvalue weighted by atomic mass is 16.3. The maximum absolute atomic E-state index is 11.5. The molecule has 0 aliphatic carbocycles. The first-order valence-corrected chi connectivity index (χ1v) is 12.7. The lowest BCUT2D eigenvalue weighted by Gasteiger charge is -2.31. The number of nitrogens with zero attached hydrogens (tertiary/aromatic N) is 1. The van der Waals surface area contributed by atoms with Gasteiger partial charge < -0.3 is 10.0 Å². The predicted octanol–water partition coefficient (Wildman–Crippen LogP) is 9.21. The van der Waals surface area contributed by atoms with Gasteiger partial charge in [0.05, 0.1) is 5.69 Å². The Balaban J connectivity index is 2.26. The van der Waals surface area contributed by atoms with Gasteiger partial charge in [0.25, 0.3) is 0 Å². The van der Waals surface area contributed by atoms with Crippen LogP contribution in [0.5, 0.6) is 5.75 Å². The van der Waals surface area contributed by atoms with Gasteiger partial charge in [-0.05, 0) is 59.9 Å². The Morgan fingerprint density at radius 3 is 2.03 bits per heavy atom. The zero-order chi connectivity index (χ0) is 25.3. The molecule has 34 heavy (non-hydrogen) atoms. The van der Waals surface area contributed by atoms with Crippen LogP contribution < -0.4 is 4.90 Å². The zero-order valence-electron chi connectivity index (χ0n) is 22.7. The number of aromatic hydroxyl groups is 1. The lowest BCUT2D eigenvalue weighted by Crippen LogP contribution is -2.21. The van der Waals surface area contributed by atoms with Crippen LogP contribution in [-0.4, -0.2) is 11.7 Å². The van der Waals surface area contributed by atoms with Gasteiger partial charge in [-0.2, -0.15) is 0 Å². The summed E-state index contributed by atoms with van der Waals surface area (Å²) in [5, 5.41) is 11.5. The maximum atomic E-state index is 11.5. The Labute approximate surface area is 207 Å². The molecule has 0 aliphatic rings. The molecule has 1 N–H and O–H groups in total. The number of phenols is 1. The molecule has 182 valence electrons. The molecule has 2 heteroatoms. The quantitative estimate of drug-likeness (QED) is 0.399. The third-order valence-electron chi connectivity index (χ3n) is 6.52. The third-order valence-corrected chi connectivity index (χ3v) is 6.52. The molecule has 0 amide bonds. The standard InChI is InChI=1S/C32H43NO/c1-10-11-16-33(29-20-23(3)19-27(30(29)34)32(7,8)9)28-15-13-12-14-26(28)24-17-22(2)18-25(21-24)31(4,5)6/h12-15,17-21,34H,10-11,16H2,1-9H3. The molecule has 0 bridgehead atoms. The van der Waals surface area contributed by atoms with Gasteiger partial charge in [-0.1, -0.05) is 103 Å². The first-order chi connectivity index (χ1) is 15.8. The highest BCUT2D eigenvalue weighted by molar-refractivity contribution is 5.85. The van der Waals surface area contributed by atoms with Gasteiger partial charge >= 0.3 is 0 Å². The van der Waals surface area contributed by atoms with E-state index in [0.717, 1.165) is 36.3 Å². The number of phenolic OH excluding ortho intramolecular Hbond substituents is 1. The lowest BCUT2D eigenvalue weighted by molar-refractivity contribution is 0.446. The number of hydrogen-bond donors (Lipinski definition) is 1. The van der Waals surface area contributed by atoms with E-state index in [9.17, 15) is 5.11 Å². The molecular formula is C32H43NO. The SMILES string of the molecule is CCCCN(c1ccccc1-c1cc(C)cc(C(C)(C)C)c1)c1cc(C)cc(C(C)(C)C)c1O. The fraction of sp³-hybridized carbons (Fsp3) is 0.438. The smallest absolute Gasteiger partial charge is 0.142 e. The summed E-state index contributed by atoms with van der Waals surface area (Å²) in [7, 11) is 0. The summed E-state index contributed by atoms with van der Waals surface area (Å²) in [5.41, 5.74) is 9.17. The first kappa shape index (κ1) is 25.9. The van der Waals surface area contributed by atoms with Crippen molar-refractivity contribution in [1.82, 2.24) is 0 Å². The molecule has 0 fully saturated rings. The minimum atomic E-state index is -0.140. The molecule has 3 aromatic carbocycles. The Kier molecular flexibility index (Phi) is 7.50. The van der Waals surface area contributed by atoms with Crippen LogP contribution in [0.1, 0.15) is 83.6 Å². The minimum Gasteiger partial charge on any atom is -0.505 e. The van der Waals surface area contributed by atoms with Gasteiger partial charge in [0.15, 0.2) is 0 Å². The topological polar surface area (TPSA) is 23.5 Å². The van der Waals surface area contributed by atoms with Crippen molar-refractivity contribution >= 4 is 11.4 Å². The molecule has 0 radical (unpaired) electrons. The van der Waals surface area contributed by atoms with Crippen molar-refractivity contribution in [3.8, 4) is 16.9 Å². The van der Waals surface area contributed by atoms with Gasteiger partial charge in [-0.15, -0.1) is 0 Å². The molecule has 2 nitrogen and oxygen atoms in total. The second-order valence-electron chi connectivity index (χ2n) is 11.8. The van der Waals surface area contributed by atoms with Crippen molar-refractivity contribution in [3.05, 3.63) is 76.9 Å². The van der Waals surface area contributed by atoms with Crippen molar-refractivity contribution in [3.63, 3.8) is 0 Å². The average molecular weight is 458 g/mol. The Bertz CT molecular complexity index is 1140. The fourth-order valence-corrected chi connectivity index (χ4v) is 4.55. The van der Waals surface area contributed by atoms with Crippen LogP contribution in [0.2, 0.25) is 0 Å². The summed E-state index contributed by atoms with van der Waals surface area (Å²) < 4.78 is 0. The molecule has 3 aromatic rings. The number of anilines is 2. The molecule has 0 spiro atoms. The van der Waals surface area contributed by atoms with Gasteiger partial charge in [0.2, 0.25) is 0 Å². The van der Waals surface area contributed by atoms with E-state index in [1.165, 1.54) is 27.8 Å². The predicted molar refractivity (Wildman–Crippen MR) is 149 cm³/mol. The van der Waals surface area contributed by atoms with Crippen molar-refractivity contribution in [1.29, 1.82) is 0 Å². The highest BCUT2D eigenvalue weighted by Crippen LogP contribution is 2.44. The van der Waals surface area contributed by atoms with Crippen LogP contribution in [-0.2, 0) is 10.8 Å². The largest absolute Gasteiger partial charge is 0.505 e. The van der Waals surface area contributed by atoms with Gasteiger partial charge in [-0.3, -0.25) is 0 Å². The maximum Gasteiger partial charge on any atom is 0.142 e. The minimum absolute atomic E-state index is 0.0774. The van der Waals surface area contributed by atoms with Gasteiger partial charge in [0, 0.05) is 23.4 Å². The summed E-state index contributed by atoms with van der Waals surface area (Å²) in [6.07, 6.45) is 2.14. The fourth-order valence-electron chi connectivity index (χ4n) is 4.55. The number of hydrogen-bond acceptors (Lipinski definition) is 2. The van der Waals surface area contributed by atoms with Crippen LogP contribution in [0, 0.1) is 13.8 Å². The van der Waals surface area contributed by atoms with E-state index >= 15 is 0 Å². The van der Waals surface area contributed by atoms with Crippen LogP contribution in [0.4, 0.5) is 11.4 Å². The summed E-state index contributed by atoms with van der Waals surface area (Å²) >= 11 is 0. The van der Waals surface area contributed by atoms with E-state index in [1.54, 1.807) is 0 Å². The number of benzene rings is 3. The molecule has 0 saturated heterocycles. The molecule has 0 unspecified atom stereocenters. The summed E-state index contributed by atoms with van der Waals surface area (Å²) in [4.78, 5) is 2.33. The molecule has 0 atom stereocenters. The summed E-state index contributed by atoms with van der Waals surface area (Å²) in [6.45, 7) is 20.7. The number of unbranched alkanes of at least 4 members (excludes halogenated alkanes) is 1. The van der Waals surface area contributed by atoms with Gasteiger partial charge in [0.1, 0.15) is 5.75 Å². The molecular weight excluding hydrogens is 414 g/mol. The van der Waals surface area contributed by atoms with Crippen LogP contribution in [0.15, 0.2) is 54.6 Å². The highest BCUT2D eigenvalue weighted by Gasteiger charge is 2.25. The first-order valence-electron chi connectivity index (χ1n) is 12.7. The van der Waals surface area contributed by atoms with Crippen molar-refractivity contribution in [2.24, 2.45) is 0 Å². The second-order valence-corrected chi connectivity index (χ2v) is 11.8. The summed E-state index contributed by atoms with van der Waals surface area (Å²) in [6, 6.07) is 19.8. The Morgan fingerprint density at radius 1 is 0.765 bits per heavy atom. The number of aryl methyl sites for hydroxylation is 2. The van der Waals surface area contributed by atoms with E-state index in [-0.39, 0.29) is 10.8 Å². The molecule has 0 aromatic heterocycles. The Morgan fingerprint density at radius 2 is 1.41 bits per heavy atom. The molecule has 0 aliphatic heterocycles. The third kappa shape index (κ3) is 5.66. The van der Waals surface area contributed by atoms with Crippen LogP contribution >= 0.6 is 0 Å². The van der Waals surface area contributed by atoms with E-state index in [1.807, 2.05) is 0 Å². The molecule has 0 heterocycles. The zero-order valence-corrected chi connectivity index (χ0v) is 22.7. The lowest BCUT2D eigenvalue weighted by atomic mass is 9.84. The van der Waals surface area contributed by atoms with E-state index in [2.05, 4.69) is 122 Å². The van der Waals surface area contributed by atoms with E-state index < -0.39 is 0 Å². The van der Waals surface area contributed by atoms with Crippen molar-refractivity contribution < 1.29 is 5.11 Å². The number of para-hydroxylation sites is 1. The van der Waals surface area contributed by atoms with E-state index in [0.29, 0.717) is 5.75 Å². The van der Waals surface area contributed by atoms with Crippen molar-refractivity contribution in [2.75, 3.05) is 11.4 Å².